The molecule has 2 aromatic carbocycles. The molecule has 0 unspecified atom stereocenters. The number of fused-ring (bicyclic) bond motifs is 1. The van der Waals surface area contributed by atoms with Crippen LogP contribution in [0.25, 0.3) is 11.1 Å². The molecule has 1 aliphatic rings. The fourth-order valence-corrected chi connectivity index (χ4v) is 4.27. The third-order valence-electron chi connectivity index (χ3n) is 5.98. The number of piperazine rings is 1. The van der Waals surface area contributed by atoms with Crippen LogP contribution in [0.15, 0.2) is 71.3 Å². The molecular formula is C25H24FN3O3. The standard InChI is InChI=1S/C25H24FN3O3/c1-31-21-7-5-20(6-8-21)27-10-12-28(13-11-27)25(30)23-16-24-22(9-14-32-24)29(23)17-18-3-2-4-19(26)15-18/h2-9,14-16H,10-13,17H2,1H3. The first kappa shape index (κ1) is 20.2. The molecule has 0 spiro atoms. The number of anilines is 1. The van der Waals surface area contributed by atoms with Crippen molar-refractivity contribution in [3.05, 3.63) is 84.0 Å². The SMILES string of the molecule is COc1ccc(N2CCN(C(=O)c3cc4occc4n3Cc3cccc(F)c3)CC2)cc1. The summed E-state index contributed by atoms with van der Waals surface area (Å²) in [5.41, 5.74) is 3.95. The molecule has 0 aliphatic carbocycles. The first-order valence-electron chi connectivity index (χ1n) is 10.6. The molecule has 2 aromatic heterocycles. The summed E-state index contributed by atoms with van der Waals surface area (Å²) in [6, 6.07) is 18.0. The average Bonchev–Trinajstić information content (AvgIpc) is 3.41. The van der Waals surface area contributed by atoms with Gasteiger partial charge < -0.3 is 23.5 Å². The van der Waals surface area contributed by atoms with Crippen molar-refractivity contribution in [2.75, 3.05) is 38.2 Å². The van der Waals surface area contributed by atoms with Crippen LogP contribution in [-0.4, -0.2) is 48.7 Å². The average molecular weight is 433 g/mol. The Bertz CT molecular complexity index is 1240. The van der Waals surface area contributed by atoms with Gasteiger partial charge in [0.05, 0.1) is 18.9 Å². The van der Waals surface area contributed by atoms with Gasteiger partial charge in [0.1, 0.15) is 17.3 Å². The van der Waals surface area contributed by atoms with Gasteiger partial charge in [-0.2, -0.15) is 0 Å². The first-order valence-corrected chi connectivity index (χ1v) is 10.6. The van der Waals surface area contributed by atoms with Crippen molar-refractivity contribution in [2.24, 2.45) is 0 Å². The summed E-state index contributed by atoms with van der Waals surface area (Å²) in [4.78, 5) is 17.6. The van der Waals surface area contributed by atoms with Crippen molar-refractivity contribution in [3.63, 3.8) is 0 Å². The van der Waals surface area contributed by atoms with E-state index in [2.05, 4.69) is 4.90 Å². The van der Waals surface area contributed by atoms with Crippen molar-refractivity contribution >= 4 is 22.7 Å². The van der Waals surface area contributed by atoms with E-state index in [1.165, 1.54) is 12.1 Å². The molecule has 6 nitrogen and oxygen atoms in total. The maximum Gasteiger partial charge on any atom is 0.270 e. The second-order valence-corrected chi connectivity index (χ2v) is 7.89. The van der Waals surface area contributed by atoms with E-state index in [9.17, 15) is 9.18 Å². The number of furan rings is 1. The first-order chi connectivity index (χ1) is 15.6. The van der Waals surface area contributed by atoms with Crippen LogP contribution in [0.1, 0.15) is 16.1 Å². The van der Waals surface area contributed by atoms with Crippen LogP contribution < -0.4 is 9.64 Å². The van der Waals surface area contributed by atoms with Crippen molar-refractivity contribution in [2.45, 2.75) is 6.54 Å². The zero-order valence-corrected chi connectivity index (χ0v) is 17.8. The topological polar surface area (TPSA) is 50.9 Å². The fourth-order valence-electron chi connectivity index (χ4n) is 4.27. The van der Waals surface area contributed by atoms with Crippen LogP contribution in [0.2, 0.25) is 0 Å². The van der Waals surface area contributed by atoms with Gasteiger partial charge >= 0.3 is 0 Å². The van der Waals surface area contributed by atoms with E-state index in [1.807, 2.05) is 45.9 Å². The summed E-state index contributed by atoms with van der Waals surface area (Å²) in [6.45, 7) is 3.14. The van der Waals surface area contributed by atoms with E-state index in [0.717, 1.165) is 35.6 Å². The van der Waals surface area contributed by atoms with Gasteiger partial charge in [0, 0.05) is 50.5 Å². The van der Waals surface area contributed by atoms with Crippen molar-refractivity contribution in [1.82, 2.24) is 9.47 Å². The quantitative estimate of drug-likeness (QED) is 0.468. The maximum atomic E-state index is 13.7. The molecule has 3 heterocycles. The minimum absolute atomic E-state index is 0.0396. The summed E-state index contributed by atoms with van der Waals surface area (Å²) in [5, 5.41) is 0. The second kappa shape index (κ2) is 8.42. The van der Waals surface area contributed by atoms with Crippen molar-refractivity contribution in [1.29, 1.82) is 0 Å². The summed E-state index contributed by atoms with van der Waals surface area (Å²) in [7, 11) is 1.65. The number of hydrogen-bond acceptors (Lipinski definition) is 4. The molecule has 1 aliphatic heterocycles. The molecule has 1 amide bonds. The summed E-state index contributed by atoms with van der Waals surface area (Å²) >= 11 is 0. The highest BCUT2D eigenvalue weighted by Gasteiger charge is 2.26. The maximum absolute atomic E-state index is 13.7. The lowest BCUT2D eigenvalue weighted by molar-refractivity contribution is 0.0737. The van der Waals surface area contributed by atoms with Gasteiger partial charge in [-0.25, -0.2) is 4.39 Å². The molecule has 0 saturated carbocycles. The van der Waals surface area contributed by atoms with Crippen molar-refractivity contribution < 1.29 is 18.3 Å². The summed E-state index contributed by atoms with van der Waals surface area (Å²) in [6.07, 6.45) is 1.61. The zero-order valence-electron chi connectivity index (χ0n) is 17.8. The number of methoxy groups -OCH3 is 1. The minimum Gasteiger partial charge on any atom is -0.497 e. The smallest absolute Gasteiger partial charge is 0.270 e. The molecule has 5 rings (SSSR count). The second-order valence-electron chi connectivity index (χ2n) is 7.89. The molecule has 1 fully saturated rings. The molecule has 32 heavy (non-hydrogen) atoms. The Morgan fingerprint density at radius 2 is 1.81 bits per heavy atom. The molecule has 0 N–H and O–H groups in total. The zero-order chi connectivity index (χ0) is 22.1. The third kappa shape index (κ3) is 3.82. The van der Waals surface area contributed by atoms with Crippen LogP contribution >= 0.6 is 0 Å². The van der Waals surface area contributed by atoms with Gasteiger partial charge in [0.15, 0.2) is 5.58 Å². The van der Waals surface area contributed by atoms with E-state index in [1.54, 1.807) is 25.5 Å². The largest absolute Gasteiger partial charge is 0.497 e. The molecule has 0 atom stereocenters. The van der Waals surface area contributed by atoms with E-state index in [-0.39, 0.29) is 11.7 Å². The molecule has 7 heteroatoms. The number of aromatic nitrogens is 1. The summed E-state index contributed by atoms with van der Waals surface area (Å²) < 4.78 is 26.4. The van der Waals surface area contributed by atoms with E-state index >= 15 is 0 Å². The highest BCUT2D eigenvalue weighted by molar-refractivity contribution is 5.97. The lowest BCUT2D eigenvalue weighted by Gasteiger charge is -2.36. The predicted octanol–water partition coefficient (Wildman–Crippen LogP) is 4.39. The van der Waals surface area contributed by atoms with Crippen LogP contribution in [0.3, 0.4) is 0 Å². The molecule has 4 aromatic rings. The number of carbonyl (C=O) groups excluding carboxylic acids is 1. The van der Waals surface area contributed by atoms with Gasteiger partial charge in [-0.3, -0.25) is 4.79 Å². The lowest BCUT2D eigenvalue weighted by atomic mass is 10.2. The third-order valence-corrected chi connectivity index (χ3v) is 5.98. The van der Waals surface area contributed by atoms with Crippen LogP contribution in [-0.2, 0) is 6.54 Å². The number of carbonyl (C=O) groups is 1. The van der Waals surface area contributed by atoms with E-state index in [0.29, 0.717) is 30.9 Å². The van der Waals surface area contributed by atoms with Gasteiger partial charge in [-0.1, -0.05) is 12.1 Å². The molecule has 0 bridgehead atoms. The highest BCUT2D eigenvalue weighted by Crippen LogP contribution is 2.25. The van der Waals surface area contributed by atoms with Gasteiger partial charge in [-0.15, -0.1) is 0 Å². The number of ether oxygens (including phenoxy) is 1. The Hall–Kier alpha value is -3.74. The number of halogens is 1. The number of hydrogen-bond donors (Lipinski definition) is 0. The number of amides is 1. The Balaban J connectivity index is 1.34. The Morgan fingerprint density at radius 3 is 2.53 bits per heavy atom. The monoisotopic (exact) mass is 433 g/mol. The van der Waals surface area contributed by atoms with E-state index in [4.69, 9.17) is 9.15 Å². The van der Waals surface area contributed by atoms with Crippen LogP contribution in [0.5, 0.6) is 5.75 Å². The predicted molar refractivity (Wildman–Crippen MR) is 121 cm³/mol. The molecular weight excluding hydrogens is 409 g/mol. The number of nitrogens with zero attached hydrogens (tertiary/aromatic N) is 3. The Labute approximate surface area is 185 Å². The van der Waals surface area contributed by atoms with Crippen LogP contribution in [0.4, 0.5) is 10.1 Å². The number of benzene rings is 2. The van der Waals surface area contributed by atoms with Crippen molar-refractivity contribution in [3.8, 4) is 5.75 Å². The molecule has 0 radical (unpaired) electrons. The van der Waals surface area contributed by atoms with Gasteiger partial charge in [0.25, 0.3) is 5.91 Å². The molecule has 1 saturated heterocycles. The van der Waals surface area contributed by atoms with Gasteiger partial charge in [0.2, 0.25) is 0 Å². The van der Waals surface area contributed by atoms with Crippen LogP contribution in [0, 0.1) is 5.82 Å². The van der Waals surface area contributed by atoms with E-state index < -0.39 is 0 Å². The normalized spacial score (nSPS) is 14.2. The Morgan fingerprint density at radius 1 is 1.03 bits per heavy atom. The number of rotatable bonds is 5. The highest BCUT2D eigenvalue weighted by atomic mass is 19.1. The lowest BCUT2D eigenvalue weighted by Crippen LogP contribution is -2.49. The minimum atomic E-state index is -0.291. The summed E-state index contributed by atoms with van der Waals surface area (Å²) in [5.74, 6) is 0.494. The molecule has 164 valence electrons. The van der Waals surface area contributed by atoms with Gasteiger partial charge in [-0.05, 0) is 42.0 Å². The fraction of sp³-hybridized carbons (Fsp3) is 0.240. The Kier molecular flexibility index (Phi) is 5.31.